The van der Waals surface area contributed by atoms with Crippen LogP contribution in [0.1, 0.15) is 0 Å². The van der Waals surface area contributed by atoms with Gasteiger partial charge in [0.15, 0.2) is 0 Å². The van der Waals surface area contributed by atoms with Crippen molar-refractivity contribution in [2.24, 2.45) is 0 Å². The molecule has 57 heavy (non-hydrogen) atoms. The van der Waals surface area contributed by atoms with Crippen LogP contribution in [0.25, 0.3) is 87.2 Å². The van der Waals surface area contributed by atoms with Gasteiger partial charge in [-0.3, -0.25) is 0 Å². The minimum Gasteiger partial charge on any atom is -0.310 e. The zero-order valence-corrected chi connectivity index (χ0v) is 31.3. The molecule has 0 N–H and O–H groups in total. The maximum absolute atomic E-state index is 2.39. The first-order chi connectivity index (χ1) is 28.3. The lowest BCUT2D eigenvalue weighted by Crippen LogP contribution is -2.10. The van der Waals surface area contributed by atoms with Crippen LogP contribution in [0.2, 0.25) is 0 Å². The van der Waals surface area contributed by atoms with Gasteiger partial charge < -0.3 is 4.90 Å². The van der Waals surface area contributed by atoms with Crippen LogP contribution in [-0.2, 0) is 0 Å². The summed E-state index contributed by atoms with van der Waals surface area (Å²) in [6, 6.07) is 82.0. The Morgan fingerprint density at radius 1 is 0.211 bits per heavy atom. The molecule has 0 aliphatic carbocycles. The van der Waals surface area contributed by atoms with E-state index in [0.717, 1.165) is 17.1 Å². The quantitative estimate of drug-likeness (QED) is 0.154. The van der Waals surface area contributed by atoms with Gasteiger partial charge in [-0.15, -0.1) is 0 Å². The molecule has 0 spiro atoms. The first kappa shape index (κ1) is 32.9. The van der Waals surface area contributed by atoms with Gasteiger partial charge >= 0.3 is 0 Å². The summed E-state index contributed by atoms with van der Waals surface area (Å²) in [5.41, 5.74) is 10.6. The summed E-state index contributed by atoms with van der Waals surface area (Å²) in [7, 11) is 0. The average molecular weight is 724 g/mol. The van der Waals surface area contributed by atoms with Crippen molar-refractivity contribution >= 4 is 70.9 Å². The van der Waals surface area contributed by atoms with Gasteiger partial charge in [0.2, 0.25) is 0 Å². The van der Waals surface area contributed by atoms with Crippen molar-refractivity contribution in [1.29, 1.82) is 0 Å². The standard InChI is InChI=1S/C56H37N/c1-2-13-38(14-3-1)42-17-12-18-46(35-42)57(44-30-25-40(26-31-44)54-36-43-16-5-7-20-48(43)49-21-8-10-23-51(49)54)45-32-27-41(28-33-45)55-37-56-47-19-6-4-15-39(47)29-34-53(56)50-22-9-11-24-52(50)55/h1-37H. The third-order valence-electron chi connectivity index (χ3n) is 11.6. The highest BCUT2D eigenvalue weighted by atomic mass is 15.1. The molecule has 0 amide bonds. The van der Waals surface area contributed by atoms with Gasteiger partial charge in [0, 0.05) is 17.1 Å². The van der Waals surface area contributed by atoms with Crippen LogP contribution in [0.15, 0.2) is 224 Å². The maximum atomic E-state index is 2.39. The molecule has 11 aromatic carbocycles. The van der Waals surface area contributed by atoms with Crippen molar-refractivity contribution in [2.45, 2.75) is 0 Å². The molecule has 0 saturated heterocycles. The van der Waals surface area contributed by atoms with Crippen molar-refractivity contribution in [2.75, 3.05) is 4.90 Å². The van der Waals surface area contributed by atoms with Crippen molar-refractivity contribution in [1.82, 2.24) is 0 Å². The lowest BCUT2D eigenvalue weighted by Gasteiger charge is -2.26. The Balaban J connectivity index is 1.05. The summed E-state index contributed by atoms with van der Waals surface area (Å²) in [5, 5.41) is 12.7. The Morgan fingerprint density at radius 2 is 0.684 bits per heavy atom. The predicted octanol–water partition coefficient (Wildman–Crippen LogP) is 15.9. The van der Waals surface area contributed by atoms with E-state index >= 15 is 0 Å². The Morgan fingerprint density at radius 3 is 1.33 bits per heavy atom. The summed E-state index contributed by atoms with van der Waals surface area (Å²) in [6.45, 7) is 0. The zero-order valence-electron chi connectivity index (χ0n) is 31.3. The van der Waals surface area contributed by atoms with Gasteiger partial charge in [0.05, 0.1) is 0 Å². The summed E-state index contributed by atoms with van der Waals surface area (Å²) in [6.07, 6.45) is 0. The summed E-state index contributed by atoms with van der Waals surface area (Å²) < 4.78 is 0. The molecule has 0 atom stereocenters. The third kappa shape index (κ3) is 5.72. The highest BCUT2D eigenvalue weighted by Crippen LogP contribution is 2.42. The average Bonchev–Trinajstić information content (AvgIpc) is 3.29. The van der Waals surface area contributed by atoms with Crippen molar-refractivity contribution in [3.8, 4) is 33.4 Å². The van der Waals surface area contributed by atoms with Crippen LogP contribution in [0.4, 0.5) is 17.1 Å². The van der Waals surface area contributed by atoms with Gasteiger partial charge in [0.25, 0.3) is 0 Å². The number of benzene rings is 11. The van der Waals surface area contributed by atoms with Crippen molar-refractivity contribution < 1.29 is 0 Å². The normalized spacial score (nSPS) is 11.5. The van der Waals surface area contributed by atoms with Crippen LogP contribution in [0, 0.1) is 0 Å². The van der Waals surface area contributed by atoms with E-state index in [9.17, 15) is 0 Å². The van der Waals surface area contributed by atoms with E-state index in [1.807, 2.05) is 0 Å². The second kappa shape index (κ2) is 13.7. The fourth-order valence-electron chi connectivity index (χ4n) is 8.88. The minimum atomic E-state index is 1.10. The molecule has 0 radical (unpaired) electrons. The smallest absolute Gasteiger partial charge is 0.0467 e. The molecule has 11 rings (SSSR count). The van der Waals surface area contributed by atoms with Crippen LogP contribution in [-0.4, -0.2) is 0 Å². The second-order valence-electron chi connectivity index (χ2n) is 14.9. The minimum absolute atomic E-state index is 1.10. The molecule has 1 nitrogen and oxygen atoms in total. The Hall–Kier alpha value is -7.48. The zero-order chi connectivity index (χ0) is 37.7. The molecule has 266 valence electrons. The molecule has 1 heteroatoms. The van der Waals surface area contributed by atoms with E-state index < -0.39 is 0 Å². The van der Waals surface area contributed by atoms with E-state index in [2.05, 4.69) is 229 Å². The van der Waals surface area contributed by atoms with Crippen LogP contribution in [0.5, 0.6) is 0 Å². The Bertz CT molecular complexity index is 3270. The highest BCUT2D eigenvalue weighted by molar-refractivity contribution is 6.21. The first-order valence-corrected chi connectivity index (χ1v) is 19.7. The molecular formula is C56H37N. The fourth-order valence-corrected chi connectivity index (χ4v) is 8.88. The Kier molecular flexibility index (Phi) is 7.89. The van der Waals surface area contributed by atoms with Gasteiger partial charge in [-0.25, -0.2) is 0 Å². The molecule has 0 aromatic heterocycles. The third-order valence-corrected chi connectivity index (χ3v) is 11.6. The summed E-state index contributed by atoms with van der Waals surface area (Å²) >= 11 is 0. The van der Waals surface area contributed by atoms with Gasteiger partial charge in [0.1, 0.15) is 0 Å². The fraction of sp³-hybridized carbons (Fsp3) is 0. The Labute approximate surface area is 332 Å². The van der Waals surface area contributed by atoms with Gasteiger partial charge in [-0.1, -0.05) is 176 Å². The summed E-state index contributed by atoms with van der Waals surface area (Å²) in [4.78, 5) is 2.38. The second-order valence-corrected chi connectivity index (χ2v) is 14.9. The van der Waals surface area contributed by atoms with Crippen LogP contribution < -0.4 is 4.90 Å². The number of fused-ring (bicyclic) bond motifs is 8. The van der Waals surface area contributed by atoms with Crippen molar-refractivity contribution in [3.05, 3.63) is 224 Å². The molecule has 0 unspecified atom stereocenters. The highest BCUT2D eigenvalue weighted by Gasteiger charge is 2.17. The molecule has 0 aliphatic heterocycles. The van der Waals surface area contributed by atoms with Crippen LogP contribution >= 0.6 is 0 Å². The van der Waals surface area contributed by atoms with Gasteiger partial charge in [-0.2, -0.15) is 0 Å². The number of hydrogen-bond acceptors (Lipinski definition) is 1. The van der Waals surface area contributed by atoms with Crippen LogP contribution in [0.3, 0.4) is 0 Å². The largest absolute Gasteiger partial charge is 0.310 e. The number of hydrogen-bond donors (Lipinski definition) is 0. The number of anilines is 3. The molecule has 0 aliphatic rings. The lowest BCUT2D eigenvalue weighted by atomic mass is 9.91. The molecule has 0 saturated carbocycles. The van der Waals surface area contributed by atoms with E-state index in [1.54, 1.807) is 0 Å². The predicted molar refractivity (Wildman–Crippen MR) is 245 cm³/mol. The maximum Gasteiger partial charge on any atom is 0.0467 e. The molecular weight excluding hydrogens is 687 g/mol. The van der Waals surface area contributed by atoms with E-state index in [1.165, 1.54) is 87.2 Å². The van der Waals surface area contributed by atoms with Gasteiger partial charge in [-0.05, 0) is 136 Å². The van der Waals surface area contributed by atoms with E-state index in [0.29, 0.717) is 0 Å². The number of rotatable bonds is 6. The topological polar surface area (TPSA) is 3.24 Å². The molecule has 0 fully saturated rings. The monoisotopic (exact) mass is 723 g/mol. The number of nitrogens with zero attached hydrogens (tertiary/aromatic N) is 1. The van der Waals surface area contributed by atoms with E-state index in [4.69, 9.17) is 0 Å². The summed E-state index contributed by atoms with van der Waals surface area (Å²) in [5.74, 6) is 0. The molecule has 0 heterocycles. The lowest BCUT2D eigenvalue weighted by molar-refractivity contribution is 1.28. The SMILES string of the molecule is c1ccc(-c2cccc(N(c3ccc(-c4cc5ccccc5c5ccccc45)cc3)c3ccc(-c4cc5c6ccccc6ccc5c5ccccc45)cc3)c2)cc1. The molecule has 11 aromatic rings. The van der Waals surface area contributed by atoms with E-state index in [-0.39, 0.29) is 0 Å². The molecule has 0 bridgehead atoms. The van der Waals surface area contributed by atoms with Crippen molar-refractivity contribution in [3.63, 3.8) is 0 Å². The first-order valence-electron chi connectivity index (χ1n) is 19.7.